The van der Waals surface area contributed by atoms with Crippen LogP contribution in [0.25, 0.3) is 6.08 Å². The molecule has 4 heteroatoms. The van der Waals surface area contributed by atoms with Crippen LogP contribution in [0.3, 0.4) is 0 Å². The Bertz CT molecular complexity index is 698. The molecule has 174 valence electrons. The predicted molar refractivity (Wildman–Crippen MR) is 124 cm³/mol. The van der Waals surface area contributed by atoms with E-state index in [1.54, 1.807) is 6.07 Å². The number of halogens is 2. The van der Waals surface area contributed by atoms with E-state index in [2.05, 4.69) is 20.8 Å². The Kier molecular flexibility index (Phi) is 11.2. The molecule has 0 aromatic heterocycles. The molecule has 0 heterocycles. The smallest absolute Gasteiger partial charge is 0.306 e. The molecule has 1 aromatic carbocycles. The average Bonchev–Trinajstić information content (AvgIpc) is 2.71. The molecular formula is C27H40F2O2. The highest BCUT2D eigenvalue weighted by atomic mass is 19.2. The molecule has 0 amide bonds. The number of hydrogen-bond acceptors (Lipinski definition) is 2. The van der Waals surface area contributed by atoms with Crippen molar-refractivity contribution in [3.8, 4) is 0 Å². The Morgan fingerprint density at radius 3 is 2.48 bits per heavy atom. The fourth-order valence-corrected chi connectivity index (χ4v) is 4.55. The zero-order chi connectivity index (χ0) is 22.6. The first-order chi connectivity index (χ1) is 14.9. The maximum absolute atomic E-state index is 13.2. The molecule has 2 rings (SSSR count). The third-order valence-electron chi connectivity index (χ3n) is 6.50. The first kappa shape index (κ1) is 25.5. The van der Waals surface area contributed by atoms with Gasteiger partial charge in [-0.05, 0) is 67.6 Å². The van der Waals surface area contributed by atoms with E-state index in [0.29, 0.717) is 29.7 Å². The minimum Gasteiger partial charge on any atom is -0.462 e. The van der Waals surface area contributed by atoms with Crippen LogP contribution in [0.1, 0.15) is 97.0 Å². The van der Waals surface area contributed by atoms with Gasteiger partial charge in [-0.25, -0.2) is 8.78 Å². The fraction of sp³-hybridized carbons (Fsp3) is 0.667. The molecule has 1 unspecified atom stereocenters. The summed E-state index contributed by atoms with van der Waals surface area (Å²) in [6.45, 7) is 6.73. The van der Waals surface area contributed by atoms with E-state index >= 15 is 0 Å². The maximum atomic E-state index is 13.2. The van der Waals surface area contributed by atoms with Gasteiger partial charge >= 0.3 is 5.97 Å². The lowest BCUT2D eigenvalue weighted by Gasteiger charge is -2.36. The molecule has 0 N–H and O–H groups in total. The van der Waals surface area contributed by atoms with Crippen molar-refractivity contribution in [3.05, 3.63) is 41.5 Å². The summed E-state index contributed by atoms with van der Waals surface area (Å²) in [5, 5.41) is 0. The number of hydrogen-bond donors (Lipinski definition) is 0. The van der Waals surface area contributed by atoms with Gasteiger partial charge in [0.25, 0.3) is 0 Å². The van der Waals surface area contributed by atoms with Crippen LogP contribution in [0.4, 0.5) is 8.78 Å². The van der Waals surface area contributed by atoms with Crippen LogP contribution in [-0.4, -0.2) is 12.1 Å². The van der Waals surface area contributed by atoms with Crippen molar-refractivity contribution in [2.24, 2.45) is 17.8 Å². The third kappa shape index (κ3) is 9.53. The number of allylic oxidation sites excluding steroid dienone is 1. The van der Waals surface area contributed by atoms with Gasteiger partial charge in [0.1, 0.15) is 6.10 Å². The Morgan fingerprint density at radius 1 is 1.06 bits per heavy atom. The van der Waals surface area contributed by atoms with E-state index in [1.165, 1.54) is 18.9 Å². The first-order valence-electron chi connectivity index (χ1n) is 12.2. The normalized spacial score (nSPS) is 21.7. The second kappa shape index (κ2) is 13.6. The Morgan fingerprint density at radius 2 is 1.77 bits per heavy atom. The Labute approximate surface area is 187 Å². The van der Waals surface area contributed by atoms with E-state index in [9.17, 15) is 13.6 Å². The summed E-state index contributed by atoms with van der Waals surface area (Å²) < 4.78 is 31.9. The molecule has 1 aliphatic carbocycles. The number of carbonyl (C=O) groups is 1. The highest BCUT2D eigenvalue weighted by molar-refractivity contribution is 5.69. The SMILES string of the molecule is CC(C)[C@@H]1CC[C@@H](C)CC1OC(=O)CCCCCCCCC=Cc1ccc(F)c(F)c1. The monoisotopic (exact) mass is 434 g/mol. The fourth-order valence-electron chi connectivity index (χ4n) is 4.55. The molecule has 31 heavy (non-hydrogen) atoms. The molecular weight excluding hydrogens is 394 g/mol. The van der Waals surface area contributed by atoms with Gasteiger partial charge in [-0.2, -0.15) is 0 Å². The van der Waals surface area contributed by atoms with E-state index < -0.39 is 11.6 Å². The van der Waals surface area contributed by atoms with Crippen LogP contribution in [0, 0.1) is 29.4 Å². The average molecular weight is 435 g/mol. The summed E-state index contributed by atoms with van der Waals surface area (Å²) in [6.07, 6.45) is 15.3. The molecule has 0 spiro atoms. The molecule has 3 atom stereocenters. The summed E-state index contributed by atoms with van der Waals surface area (Å²) in [6, 6.07) is 3.95. The lowest BCUT2D eigenvalue weighted by molar-refractivity contribution is -0.156. The highest BCUT2D eigenvalue weighted by Gasteiger charge is 2.33. The zero-order valence-electron chi connectivity index (χ0n) is 19.5. The van der Waals surface area contributed by atoms with Gasteiger partial charge in [-0.15, -0.1) is 0 Å². The van der Waals surface area contributed by atoms with Crippen molar-refractivity contribution < 1.29 is 18.3 Å². The molecule has 0 aliphatic heterocycles. The summed E-state index contributed by atoms with van der Waals surface area (Å²) in [5.74, 6) is 0.0905. The lowest BCUT2D eigenvalue weighted by atomic mass is 9.75. The Balaban J connectivity index is 1.50. The minimum atomic E-state index is -0.811. The molecule has 0 saturated heterocycles. The van der Waals surface area contributed by atoms with Crippen LogP contribution in [-0.2, 0) is 9.53 Å². The number of benzene rings is 1. The van der Waals surface area contributed by atoms with Crippen LogP contribution in [0.15, 0.2) is 24.3 Å². The predicted octanol–water partition coefficient (Wildman–Crippen LogP) is 8.10. The van der Waals surface area contributed by atoms with Gasteiger partial charge in [0.05, 0.1) is 0 Å². The Hall–Kier alpha value is -1.71. The van der Waals surface area contributed by atoms with Gasteiger partial charge in [-0.1, -0.05) is 71.1 Å². The summed E-state index contributed by atoms with van der Waals surface area (Å²) in [7, 11) is 0. The minimum absolute atomic E-state index is 0.0212. The van der Waals surface area contributed by atoms with Gasteiger partial charge in [0.2, 0.25) is 0 Å². The number of esters is 1. The largest absolute Gasteiger partial charge is 0.462 e. The van der Waals surface area contributed by atoms with Crippen molar-refractivity contribution in [3.63, 3.8) is 0 Å². The number of unbranched alkanes of at least 4 members (excludes halogenated alkanes) is 6. The lowest BCUT2D eigenvalue weighted by Crippen LogP contribution is -2.35. The van der Waals surface area contributed by atoms with Crippen molar-refractivity contribution in [1.82, 2.24) is 0 Å². The van der Waals surface area contributed by atoms with Gasteiger partial charge in [0.15, 0.2) is 11.6 Å². The van der Waals surface area contributed by atoms with E-state index in [-0.39, 0.29) is 12.1 Å². The van der Waals surface area contributed by atoms with Crippen molar-refractivity contribution in [2.45, 2.75) is 97.5 Å². The van der Waals surface area contributed by atoms with E-state index in [1.807, 2.05) is 12.2 Å². The third-order valence-corrected chi connectivity index (χ3v) is 6.50. The summed E-state index contributed by atoms with van der Waals surface area (Å²) in [5.41, 5.74) is 0.688. The number of rotatable bonds is 12. The van der Waals surface area contributed by atoms with E-state index in [4.69, 9.17) is 4.74 Å². The number of carbonyl (C=O) groups excluding carboxylic acids is 1. The van der Waals surface area contributed by atoms with Crippen LogP contribution < -0.4 is 0 Å². The van der Waals surface area contributed by atoms with Crippen LogP contribution >= 0.6 is 0 Å². The van der Waals surface area contributed by atoms with Gasteiger partial charge in [-0.3, -0.25) is 4.79 Å². The van der Waals surface area contributed by atoms with E-state index in [0.717, 1.165) is 57.4 Å². The molecule has 1 fully saturated rings. The molecule has 0 radical (unpaired) electrons. The molecule has 1 saturated carbocycles. The number of ether oxygens (including phenoxy) is 1. The van der Waals surface area contributed by atoms with Crippen LogP contribution in [0.5, 0.6) is 0 Å². The second-order valence-electron chi connectivity index (χ2n) is 9.59. The van der Waals surface area contributed by atoms with Crippen LogP contribution in [0.2, 0.25) is 0 Å². The van der Waals surface area contributed by atoms with Crippen molar-refractivity contribution >= 4 is 12.0 Å². The molecule has 1 aliphatic rings. The van der Waals surface area contributed by atoms with Gasteiger partial charge < -0.3 is 4.74 Å². The summed E-state index contributed by atoms with van der Waals surface area (Å²) in [4.78, 5) is 12.3. The maximum Gasteiger partial charge on any atom is 0.306 e. The molecule has 2 nitrogen and oxygen atoms in total. The molecule has 1 aromatic rings. The first-order valence-corrected chi connectivity index (χ1v) is 12.2. The second-order valence-corrected chi connectivity index (χ2v) is 9.59. The quantitative estimate of drug-likeness (QED) is 0.245. The van der Waals surface area contributed by atoms with Crippen molar-refractivity contribution in [1.29, 1.82) is 0 Å². The van der Waals surface area contributed by atoms with Crippen molar-refractivity contribution in [2.75, 3.05) is 0 Å². The summed E-state index contributed by atoms with van der Waals surface area (Å²) >= 11 is 0. The zero-order valence-corrected chi connectivity index (χ0v) is 19.5. The highest BCUT2D eigenvalue weighted by Crippen LogP contribution is 2.35. The van der Waals surface area contributed by atoms with Gasteiger partial charge in [0, 0.05) is 6.42 Å². The topological polar surface area (TPSA) is 26.3 Å². The molecule has 0 bridgehead atoms. The standard InChI is InChI=1S/C27H40F2O2/c1-20(2)23-16-14-21(3)18-26(23)31-27(30)13-11-9-7-5-4-6-8-10-12-22-15-17-24(28)25(29)19-22/h10,12,15,17,19-21,23,26H,4-9,11,13-14,16,18H2,1-3H3/t21-,23+,26?/m1/s1.